The van der Waals surface area contributed by atoms with Gasteiger partial charge in [-0.1, -0.05) is 15.9 Å². The Morgan fingerprint density at radius 2 is 1.85 bits per heavy atom. The zero-order chi connectivity index (χ0) is 14.7. The van der Waals surface area contributed by atoms with Gasteiger partial charge in [-0.3, -0.25) is 0 Å². The van der Waals surface area contributed by atoms with E-state index in [2.05, 4.69) is 21.2 Å². The molecule has 0 heterocycles. The topological polar surface area (TPSA) is 21.3 Å². The Morgan fingerprint density at radius 3 is 2.55 bits per heavy atom. The van der Waals surface area contributed by atoms with Gasteiger partial charge in [0, 0.05) is 17.1 Å². The molecule has 0 bridgehead atoms. The summed E-state index contributed by atoms with van der Waals surface area (Å²) < 4.78 is 45.8. The molecule has 0 aromatic heterocycles. The fourth-order valence-electron chi connectivity index (χ4n) is 1.72. The summed E-state index contributed by atoms with van der Waals surface area (Å²) in [5.74, 6) is -2.87. The minimum atomic E-state index is -1.12. The van der Waals surface area contributed by atoms with Crippen LogP contribution >= 0.6 is 15.9 Å². The molecule has 0 unspecified atom stereocenters. The van der Waals surface area contributed by atoms with Gasteiger partial charge in [-0.15, -0.1) is 0 Å². The van der Waals surface area contributed by atoms with Crippen LogP contribution in [0.1, 0.15) is 5.56 Å². The minimum Gasteiger partial charge on any atom is -0.454 e. The maximum atomic E-state index is 13.6. The summed E-state index contributed by atoms with van der Waals surface area (Å²) in [5.41, 5.74) is 0.637. The van der Waals surface area contributed by atoms with Gasteiger partial charge in [0.2, 0.25) is 5.82 Å². The van der Waals surface area contributed by atoms with E-state index >= 15 is 0 Å². The third kappa shape index (κ3) is 3.52. The maximum Gasteiger partial charge on any atom is 0.201 e. The number of rotatable bonds is 4. The molecule has 0 radical (unpaired) electrons. The Kier molecular flexibility index (Phi) is 4.67. The summed E-state index contributed by atoms with van der Waals surface area (Å²) in [6, 6.07) is 6.26. The van der Waals surface area contributed by atoms with E-state index in [1.54, 1.807) is 13.1 Å². The van der Waals surface area contributed by atoms with Gasteiger partial charge in [-0.2, -0.15) is 4.39 Å². The van der Waals surface area contributed by atoms with Crippen molar-refractivity contribution >= 4 is 15.9 Å². The lowest BCUT2D eigenvalue weighted by Gasteiger charge is -2.10. The third-order valence-electron chi connectivity index (χ3n) is 2.50. The van der Waals surface area contributed by atoms with Crippen LogP contribution in [0.25, 0.3) is 0 Å². The van der Waals surface area contributed by atoms with Crippen molar-refractivity contribution in [1.82, 2.24) is 5.32 Å². The molecule has 0 aliphatic heterocycles. The number of ether oxygens (including phenoxy) is 1. The van der Waals surface area contributed by atoms with Crippen molar-refractivity contribution in [1.29, 1.82) is 0 Å². The highest BCUT2D eigenvalue weighted by molar-refractivity contribution is 9.10. The highest BCUT2D eigenvalue weighted by Gasteiger charge is 2.13. The summed E-state index contributed by atoms with van der Waals surface area (Å²) in [5, 5.41) is 2.87. The van der Waals surface area contributed by atoms with Gasteiger partial charge >= 0.3 is 0 Å². The quantitative estimate of drug-likeness (QED) is 0.830. The molecule has 0 aliphatic carbocycles. The Hall–Kier alpha value is -1.53. The van der Waals surface area contributed by atoms with Gasteiger partial charge in [0.1, 0.15) is 11.6 Å². The van der Waals surface area contributed by atoms with Crippen molar-refractivity contribution in [2.24, 2.45) is 0 Å². The molecule has 1 N–H and O–H groups in total. The smallest absolute Gasteiger partial charge is 0.201 e. The molecule has 2 nitrogen and oxygen atoms in total. The molecule has 2 aromatic rings. The van der Waals surface area contributed by atoms with E-state index in [0.717, 1.165) is 12.1 Å². The molecular weight excluding hydrogens is 335 g/mol. The van der Waals surface area contributed by atoms with Crippen molar-refractivity contribution in [2.45, 2.75) is 6.54 Å². The Labute approximate surface area is 122 Å². The standard InChI is InChI=1S/C14H11BrF3NO/c1-19-7-8-2-10(16)6-11(3-8)20-13-5-9(15)4-12(17)14(13)18/h2-6,19H,7H2,1H3. The van der Waals surface area contributed by atoms with Gasteiger partial charge in [0.25, 0.3) is 0 Å². The second-order valence-electron chi connectivity index (χ2n) is 4.13. The summed E-state index contributed by atoms with van der Waals surface area (Å²) in [6.07, 6.45) is 0. The van der Waals surface area contributed by atoms with Gasteiger partial charge in [0.05, 0.1) is 0 Å². The summed E-state index contributed by atoms with van der Waals surface area (Å²) >= 11 is 3.04. The molecule has 106 valence electrons. The van der Waals surface area contributed by atoms with E-state index in [1.165, 1.54) is 12.1 Å². The first-order valence-corrected chi connectivity index (χ1v) is 6.55. The van der Waals surface area contributed by atoms with E-state index in [4.69, 9.17) is 4.74 Å². The van der Waals surface area contributed by atoms with Crippen LogP contribution < -0.4 is 10.1 Å². The van der Waals surface area contributed by atoms with Gasteiger partial charge in [0.15, 0.2) is 11.6 Å². The molecule has 0 spiro atoms. The van der Waals surface area contributed by atoms with Crippen molar-refractivity contribution in [3.8, 4) is 11.5 Å². The van der Waals surface area contributed by atoms with Crippen LogP contribution in [-0.2, 0) is 6.54 Å². The van der Waals surface area contributed by atoms with E-state index < -0.39 is 17.5 Å². The van der Waals surface area contributed by atoms with Crippen LogP contribution in [0.4, 0.5) is 13.2 Å². The Bertz CT molecular complexity index is 634. The molecule has 0 aliphatic rings. The van der Waals surface area contributed by atoms with Gasteiger partial charge in [-0.25, -0.2) is 8.78 Å². The molecule has 0 saturated carbocycles. The van der Waals surface area contributed by atoms with Crippen molar-refractivity contribution in [3.05, 3.63) is 57.8 Å². The van der Waals surface area contributed by atoms with E-state index in [-0.39, 0.29) is 11.5 Å². The number of nitrogens with one attached hydrogen (secondary N) is 1. The molecular formula is C14H11BrF3NO. The zero-order valence-corrected chi connectivity index (χ0v) is 12.1. The predicted molar refractivity (Wildman–Crippen MR) is 73.3 cm³/mol. The fourth-order valence-corrected chi connectivity index (χ4v) is 2.13. The molecule has 0 saturated heterocycles. The van der Waals surface area contributed by atoms with Crippen LogP contribution in [0, 0.1) is 17.5 Å². The van der Waals surface area contributed by atoms with E-state index in [9.17, 15) is 13.2 Å². The lowest BCUT2D eigenvalue weighted by atomic mass is 10.2. The van der Waals surface area contributed by atoms with Crippen LogP contribution in [0.3, 0.4) is 0 Å². The lowest BCUT2D eigenvalue weighted by Crippen LogP contribution is -2.05. The largest absolute Gasteiger partial charge is 0.454 e. The highest BCUT2D eigenvalue weighted by atomic mass is 79.9. The number of benzene rings is 2. The monoisotopic (exact) mass is 345 g/mol. The first kappa shape index (κ1) is 14.9. The number of hydrogen-bond donors (Lipinski definition) is 1. The summed E-state index contributed by atoms with van der Waals surface area (Å²) in [6.45, 7) is 0.434. The second kappa shape index (κ2) is 6.28. The fraction of sp³-hybridized carbons (Fsp3) is 0.143. The molecule has 2 aromatic carbocycles. The molecule has 20 heavy (non-hydrogen) atoms. The van der Waals surface area contributed by atoms with Crippen LogP contribution in [0.2, 0.25) is 0 Å². The Balaban J connectivity index is 2.34. The van der Waals surface area contributed by atoms with Gasteiger partial charge < -0.3 is 10.1 Å². The average molecular weight is 346 g/mol. The van der Waals surface area contributed by atoms with Gasteiger partial charge in [-0.05, 0) is 36.9 Å². The number of halogens is 4. The second-order valence-corrected chi connectivity index (χ2v) is 5.04. The average Bonchev–Trinajstić information content (AvgIpc) is 2.35. The number of hydrogen-bond acceptors (Lipinski definition) is 2. The molecule has 0 fully saturated rings. The van der Waals surface area contributed by atoms with Crippen molar-refractivity contribution < 1.29 is 17.9 Å². The maximum absolute atomic E-state index is 13.6. The zero-order valence-electron chi connectivity index (χ0n) is 10.5. The van der Waals surface area contributed by atoms with E-state index in [0.29, 0.717) is 16.6 Å². The van der Waals surface area contributed by atoms with Crippen molar-refractivity contribution in [3.63, 3.8) is 0 Å². The predicted octanol–water partition coefficient (Wildman–Crippen LogP) is 4.38. The highest BCUT2D eigenvalue weighted by Crippen LogP contribution is 2.30. The Morgan fingerprint density at radius 1 is 1.10 bits per heavy atom. The third-order valence-corrected chi connectivity index (χ3v) is 2.96. The first-order chi connectivity index (χ1) is 9.49. The molecule has 0 amide bonds. The molecule has 0 atom stereocenters. The summed E-state index contributed by atoms with van der Waals surface area (Å²) in [7, 11) is 1.72. The first-order valence-electron chi connectivity index (χ1n) is 5.76. The SMILES string of the molecule is CNCc1cc(F)cc(Oc2cc(Br)cc(F)c2F)c1. The molecule has 6 heteroatoms. The summed E-state index contributed by atoms with van der Waals surface area (Å²) in [4.78, 5) is 0. The normalized spacial score (nSPS) is 10.7. The van der Waals surface area contributed by atoms with Crippen molar-refractivity contribution in [2.75, 3.05) is 7.05 Å². The lowest BCUT2D eigenvalue weighted by molar-refractivity contribution is 0.413. The van der Waals surface area contributed by atoms with Crippen LogP contribution in [0.5, 0.6) is 11.5 Å². The van der Waals surface area contributed by atoms with Crippen LogP contribution in [0.15, 0.2) is 34.8 Å². The van der Waals surface area contributed by atoms with E-state index in [1.807, 2.05) is 0 Å². The van der Waals surface area contributed by atoms with Crippen LogP contribution in [-0.4, -0.2) is 7.05 Å². The molecule has 2 rings (SSSR count). The minimum absolute atomic E-state index is 0.103.